The largest absolute Gasteiger partial charge is 0.394 e. The summed E-state index contributed by atoms with van der Waals surface area (Å²) in [7, 11) is 1.65. The highest BCUT2D eigenvalue weighted by molar-refractivity contribution is 5.36. The minimum atomic E-state index is -0.0877. The molecule has 1 aromatic carbocycles. The summed E-state index contributed by atoms with van der Waals surface area (Å²) >= 11 is 0. The first-order valence-corrected chi connectivity index (χ1v) is 12.1. The Balaban J connectivity index is 1.28. The average molecular weight is 452 g/mol. The molecule has 7 heteroatoms. The van der Waals surface area contributed by atoms with Crippen LogP contribution in [0.3, 0.4) is 0 Å². The zero-order chi connectivity index (χ0) is 22.6. The highest BCUT2D eigenvalue weighted by Gasteiger charge is 2.43. The maximum atomic E-state index is 9.57. The quantitative estimate of drug-likeness (QED) is 0.652. The van der Waals surface area contributed by atoms with E-state index in [-0.39, 0.29) is 37.1 Å². The van der Waals surface area contributed by atoms with Crippen molar-refractivity contribution in [3.63, 3.8) is 0 Å². The molecule has 176 valence electrons. The number of methoxy groups -OCH3 is 1. The maximum Gasteiger partial charge on any atom is 0.107 e. The fraction of sp³-hybridized carbons (Fsp3) is 0.615. The fourth-order valence-corrected chi connectivity index (χ4v) is 4.97. The van der Waals surface area contributed by atoms with Gasteiger partial charge in [-0.15, -0.1) is 5.10 Å². The summed E-state index contributed by atoms with van der Waals surface area (Å²) in [5.41, 5.74) is 3.37. The van der Waals surface area contributed by atoms with Crippen molar-refractivity contribution in [1.29, 1.82) is 0 Å². The average Bonchev–Trinajstić information content (AvgIpc) is 3.59. The second kappa shape index (κ2) is 10.4. The molecule has 0 unspecified atom stereocenters. The number of rotatable bonds is 7. The maximum absolute atomic E-state index is 9.57. The number of benzene rings is 1. The number of aromatic nitrogens is 3. The Kier molecular flexibility index (Phi) is 7.07. The number of hydrogen-bond donors (Lipinski definition) is 1. The standard InChI is InChI=1S/C26H33N3O4/c1-31-14-2-3-18-4-6-19(7-5-18)8-12-24-23(29-16-22(27-28-29)20-9-10-20)15-26-25(33-24)13-11-21(17-30)32-26/h4-7,16,20-21,23-26,30H,8-15,17H2,1H3/t21-,23+,24+,25-,26-/m0/s1. The van der Waals surface area contributed by atoms with E-state index in [1.807, 2.05) is 4.68 Å². The zero-order valence-electron chi connectivity index (χ0n) is 19.2. The summed E-state index contributed by atoms with van der Waals surface area (Å²) in [5, 5.41) is 18.5. The SMILES string of the molecule is COCC#Cc1ccc(CC[C@H]2O[C@H]3CC[C@@H](CO)O[C@H]3C[C@H]2n2cc(C3CC3)nn2)cc1. The predicted molar refractivity (Wildman–Crippen MR) is 123 cm³/mol. The number of ether oxygens (including phenoxy) is 3. The highest BCUT2D eigenvalue weighted by atomic mass is 16.6. The number of fused-ring (bicyclic) bond motifs is 1. The van der Waals surface area contributed by atoms with Gasteiger partial charge in [0, 0.05) is 31.2 Å². The molecule has 3 heterocycles. The van der Waals surface area contributed by atoms with E-state index in [1.165, 1.54) is 18.4 Å². The van der Waals surface area contributed by atoms with Gasteiger partial charge in [-0.3, -0.25) is 0 Å². The van der Waals surface area contributed by atoms with Crippen LogP contribution in [0.4, 0.5) is 0 Å². The van der Waals surface area contributed by atoms with Crippen LogP contribution in [0.2, 0.25) is 0 Å². The van der Waals surface area contributed by atoms with E-state index < -0.39 is 0 Å². The molecule has 0 amide bonds. The summed E-state index contributed by atoms with van der Waals surface area (Å²) in [5.74, 6) is 6.68. The normalized spacial score (nSPS) is 29.2. The lowest BCUT2D eigenvalue weighted by Crippen LogP contribution is -2.51. The molecule has 0 radical (unpaired) electrons. The number of aliphatic hydroxyl groups excluding tert-OH is 1. The molecule has 3 fully saturated rings. The van der Waals surface area contributed by atoms with Crippen LogP contribution in [0.5, 0.6) is 0 Å². The monoisotopic (exact) mass is 451 g/mol. The predicted octanol–water partition coefficient (Wildman–Crippen LogP) is 3.02. The van der Waals surface area contributed by atoms with Crippen LogP contribution in [0.25, 0.3) is 0 Å². The van der Waals surface area contributed by atoms with Crippen molar-refractivity contribution in [1.82, 2.24) is 15.0 Å². The number of aliphatic hydroxyl groups is 1. The third-order valence-corrected chi connectivity index (χ3v) is 7.00. The first kappa shape index (κ1) is 22.5. The Morgan fingerprint density at radius 2 is 1.97 bits per heavy atom. The molecule has 3 aliphatic rings. The highest BCUT2D eigenvalue weighted by Crippen LogP contribution is 2.41. The fourth-order valence-electron chi connectivity index (χ4n) is 4.97. The molecular formula is C26H33N3O4. The van der Waals surface area contributed by atoms with Gasteiger partial charge in [0.2, 0.25) is 0 Å². The van der Waals surface area contributed by atoms with E-state index in [0.29, 0.717) is 12.5 Å². The Bertz CT molecular complexity index is 975. The van der Waals surface area contributed by atoms with Gasteiger partial charge < -0.3 is 19.3 Å². The van der Waals surface area contributed by atoms with E-state index in [2.05, 4.69) is 52.6 Å². The van der Waals surface area contributed by atoms with E-state index in [4.69, 9.17) is 14.2 Å². The van der Waals surface area contributed by atoms with Crippen LogP contribution in [-0.4, -0.2) is 64.8 Å². The second-order valence-electron chi connectivity index (χ2n) is 9.44. The van der Waals surface area contributed by atoms with Crippen LogP contribution in [-0.2, 0) is 20.6 Å². The van der Waals surface area contributed by atoms with Crippen LogP contribution in [0, 0.1) is 11.8 Å². The molecule has 2 saturated heterocycles. The summed E-state index contributed by atoms with van der Waals surface area (Å²) in [4.78, 5) is 0. The van der Waals surface area contributed by atoms with Gasteiger partial charge in [-0.1, -0.05) is 29.2 Å². The number of hydrogen-bond acceptors (Lipinski definition) is 6. The van der Waals surface area contributed by atoms with Crippen molar-refractivity contribution in [2.75, 3.05) is 20.3 Å². The lowest BCUT2D eigenvalue weighted by Gasteiger charge is -2.45. The number of aryl methyl sites for hydroxylation is 1. The zero-order valence-corrected chi connectivity index (χ0v) is 19.2. The van der Waals surface area contributed by atoms with E-state index in [0.717, 1.165) is 43.4 Å². The van der Waals surface area contributed by atoms with Crippen molar-refractivity contribution >= 4 is 0 Å². The lowest BCUT2D eigenvalue weighted by molar-refractivity contribution is -0.209. The van der Waals surface area contributed by atoms with Gasteiger partial charge >= 0.3 is 0 Å². The Hall–Kier alpha value is -2.24. The molecule has 2 aromatic rings. The molecule has 33 heavy (non-hydrogen) atoms. The van der Waals surface area contributed by atoms with Crippen LogP contribution < -0.4 is 0 Å². The van der Waals surface area contributed by atoms with Crippen LogP contribution in [0.15, 0.2) is 30.5 Å². The molecule has 1 saturated carbocycles. The molecule has 0 bridgehead atoms. The third-order valence-electron chi connectivity index (χ3n) is 7.00. The minimum Gasteiger partial charge on any atom is -0.394 e. The Morgan fingerprint density at radius 1 is 1.12 bits per heavy atom. The lowest BCUT2D eigenvalue weighted by atomic mass is 9.88. The molecule has 5 rings (SSSR count). The van der Waals surface area contributed by atoms with E-state index >= 15 is 0 Å². The van der Waals surface area contributed by atoms with Gasteiger partial charge in [-0.25, -0.2) is 4.68 Å². The van der Waals surface area contributed by atoms with Gasteiger partial charge in [-0.2, -0.15) is 0 Å². The van der Waals surface area contributed by atoms with Gasteiger partial charge in [0.15, 0.2) is 0 Å². The summed E-state index contributed by atoms with van der Waals surface area (Å²) < 4.78 is 19.8. The first-order valence-electron chi connectivity index (χ1n) is 12.1. The third kappa shape index (κ3) is 5.47. The van der Waals surface area contributed by atoms with Crippen molar-refractivity contribution in [2.24, 2.45) is 0 Å². The summed E-state index contributed by atoms with van der Waals surface area (Å²) in [6.07, 6.45) is 9.02. The van der Waals surface area contributed by atoms with Gasteiger partial charge in [0.25, 0.3) is 0 Å². The molecule has 1 aliphatic carbocycles. The Morgan fingerprint density at radius 3 is 2.73 bits per heavy atom. The first-order chi connectivity index (χ1) is 16.2. The van der Waals surface area contributed by atoms with E-state index in [1.54, 1.807) is 7.11 Å². The topological polar surface area (TPSA) is 78.6 Å². The van der Waals surface area contributed by atoms with Crippen LogP contribution in [0.1, 0.15) is 67.3 Å². The van der Waals surface area contributed by atoms with E-state index in [9.17, 15) is 5.11 Å². The van der Waals surface area contributed by atoms with Crippen molar-refractivity contribution in [2.45, 2.75) is 81.3 Å². The molecule has 2 aliphatic heterocycles. The van der Waals surface area contributed by atoms with Crippen LogP contribution >= 0.6 is 0 Å². The van der Waals surface area contributed by atoms with Gasteiger partial charge in [0.1, 0.15) is 6.61 Å². The van der Waals surface area contributed by atoms with Gasteiger partial charge in [0.05, 0.1) is 42.8 Å². The smallest absolute Gasteiger partial charge is 0.107 e. The Labute approximate surface area is 195 Å². The minimum absolute atomic E-state index is 0.00400. The summed E-state index contributed by atoms with van der Waals surface area (Å²) in [6.45, 7) is 0.510. The number of nitrogens with zero attached hydrogens (tertiary/aromatic N) is 3. The molecular weight excluding hydrogens is 418 g/mol. The molecule has 7 nitrogen and oxygen atoms in total. The summed E-state index contributed by atoms with van der Waals surface area (Å²) in [6, 6.07) is 8.51. The van der Waals surface area contributed by atoms with Gasteiger partial charge in [-0.05, 0) is 56.2 Å². The van der Waals surface area contributed by atoms with Crippen molar-refractivity contribution in [3.05, 3.63) is 47.3 Å². The van der Waals surface area contributed by atoms with Crippen molar-refractivity contribution < 1.29 is 19.3 Å². The van der Waals surface area contributed by atoms with Crippen molar-refractivity contribution in [3.8, 4) is 11.8 Å². The molecule has 1 aromatic heterocycles. The molecule has 0 spiro atoms. The molecule has 1 N–H and O–H groups in total. The second-order valence-corrected chi connectivity index (χ2v) is 9.44. The molecule has 5 atom stereocenters.